The first kappa shape index (κ1) is 44.1. The predicted octanol–water partition coefficient (Wildman–Crippen LogP) is 12.3. The molecule has 294 valence electrons. The zero-order valence-corrected chi connectivity index (χ0v) is 33.4. The first-order chi connectivity index (χ1) is 25.8. The predicted molar refractivity (Wildman–Crippen MR) is 221 cm³/mol. The van der Waals surface area contributed by atoms with Gasteiger partial charge in [0.1, 0.15) is 23.0 Å². The lowest BCUT2D eigenvalue weighted by molar-refractivity contribution is -0.132. The van der Waals surface area contributed by atoms with Gasteiger partial charge in [0.2, 0.25) is 6.29 Å². The standard InChI is InChI=1S/C19H28O2.C18H26O2.C10H10O3/c1-5-15-10-12-17(13-11-15)21-18(14-19(2,3)4)20-16-8-6-7-9-16;1-3-16-9-11-18(12-10-16)20-15(2)19-14-13-17-7-5-4-6-8-17;1-7(2)10(12)13-9-5-3-8(11)4-6-9/h5,10-13,16,18H,1,6-9,14H2,2-4H3;3,9-12,15,17H,1,4-8,13-14H2,2H3;3-6,11H,1H2,2H3. The maximum atomic E-state index is 11.0. The van der Waals surface area contributed by atoms with Gasteiger partial charge in [-0.1, -0.05) is 122 Å². The normalized spacial score (nSPS) is 15.6. The van der Waals surface area contributed by atoms with Crippen molar-refractivity contribution < 1.29 is 33.6 Å². The first-order valence-electron chi connectivity index (χ1n) is 19.6. The van der Waals surface area contributed by atoms with Gasteiger partial charge in [0.05, 0.1) is 12.7 Å². The summed E-state index contributed by atoms with van der Waals surface area (Å²) >= 11 is 0. The van der Waals surface area contributed by atoms with Crippen molar-refractivity contribution in [3.05, 3.63) is 109 Å². The lowest BCUT2D eigenvalue weighted by atomic mass is 9.87. The van der Waals surface area contributed by atoms with Crippen LogP contribution in [0.1, 0.15) is 116 Å². The van der Waals surface area contributed by atoms with E-state index < -0.39 is 5.97 Å². The Bertz CT molecular complexity index is 1520. The Morgan fingerprint density at radius 2 is 1.28 bits per heavy atom. The lowest BCUT2D eigenvalue weighted by Crippen LogP contribution is -2.30. The highest BCUT2D eigenvalue weighted by Gasteiger charge is 2.26. The summed E-state index contributed by atoms with van der Waals surface area (Å²) in [5, 5.41) is 8.94. The fourth-order valence-electron chi connectivity index (χ4n) is 6.18. The number of aromatic hydroxyl groups is 1. The van der Waals surface area contributed by atoms with E-state index in [1.54, 1.807) is 6.92 Å². The number of esters is 1. The third-order valence-corrected chi connectivity index (χ3v) is 9.23. The molecule has 0 radical (unpaired) electrons. The fraction of sp³-hybridized carbons (Fsp3) is 0.468. The van der Waals surface area contributed by atoms with Crippen molar-refractivity contribution in [1.82, 2.24) is 0 Å². The van der Waals surface area contributed by atoms with Gasteiger partial charge >= 0.3 is 5.97 Å². The van der Waals surface area contributed by atoms with Crippen LogP contribution in [-0.2, 0) is 14.3 Å². The first-order valence-corrected chi connectivity index (χ1v) is 19.6. The molecule has 5 rings (SSSR count). The molecule has 3 aromatic carbocycles. The molecular weight excluding hydrogens is 677 g/mol. The van der Waals surface area contributed by atoms with Crippen molar-refractivity contribution in [1.29, 1.82) is 0 Å². The van der Waals surface area contributed by atoms with Gasteiger partial charge in [-0.2, -0.15) is 0 Å². The average Bonchev–Trinajstić information content (AvgIpc) is 3.66. The Hall–Kier alpha value is -4.33. The number of phenols is 1. The highest BCUT2D eigenvalue weighted by Crippen LogP contribution is 2.30. The molecule has 3 aromatic rings. The maximum absolute atomic E-state index is 11.0. The molecule has 2 unspecified atom stereocenters. The highest BCUT2D eigenvalue weighted by molar-refractivity contribution is 5.88. The number of hydrogen-bond acceptors (Lipinski definition) is 7. The third-order valence-electron chi connectivity index (χ3n) is 9.23. The number of hydrogen-bond donors (Lipinski definition) is 1. The quantitative estimate of drug-likeness (QED) is 0.0719. The van der Waals surface area contributed by atoms with Crippen molar-refractivity contribution in [2.75, 3.05) is 6.61 Å². The maximum Gasteiger partial charge on any atom is 0.338 e. The van der Waals surface area contributed by atoms with E-state index in [4.69, 9.17) is 28.8 Å². The van der Waals surface area contributed by atoms with E-state index in [1.807, 2.05) is 67.6 Å². The van der Waals surface area contributed by atoms with Gasteiger partial charge in [0, 0.05) is 12.0 Å². The number of rotatable bonds is 15. The Balaban J connectivity index is 0.000000224. The number of carbonyl (C=O) groups excluding carboxylic acids is 1. The molecule has 0 heterocycles. The van der Waals surface area contributed by atoms with Gasteiger partial charge in [-0.15, -0.1) is 0 Å². The van der Waals surface area contributed by atoms with Crippen molar-refractivity contribution in [3.63, 3.8) is 0 Å². The van der Waals surface area contributed by atoms with Crippen LogP contribution in [0.15, 0.2) is 98.1 Å². The largest absolute Gasteiger partial charge is 0.508 e. The summed E-state index contributed by atoms with van der Waals surface area (Å²) in [5.74, 6) is 2.64. The molecule has 0 aliphatic heterocycles. The second-order valence-corrected chi connectivity index (χ2v) is 15.4. The molecule has 2 aliphatic rings. The van der Waals surface area contributed by atoms with Gasteiger partial charge < -0.3 is 28.8 Å². The van der Waals surface area contributed by atoms with Crippen LogP contribution >= 0.6 is 0 Å². The Labute approximate surface area is 325 Å². The molecule has 2 atom stereocenters. The van der Waals surface area contributed by atoms with Gasteiger partial charge in [-0.25, -0.2) is 4.79 Å². The molecule has 2 fully saturated rings. The van der Waals surface area contributed by atoms with Crippen molar-refractivity contribution in [2.24, 2.45) is 11.3 Å². The molecule has 0 spiro atoms. The van der Waals surface area contributed by atoms with Gasteiger partial charge in [0.25, 0.3) is 0 Å². The summed E-state index contributed by atoms with van der Waals surface area (Å²) in [6, 6.07) is 21.8. The monoisotopic (exact) mass is 740 g/mol. The second-order valence-electron chi connectivity index (χ2n) is 15.4. The Kier molecular flexibility index (Phi) is 19.1. The zero-order valence-electron chi connectivity index (χ0n) is 33.4. The summed E-state index contributed by atoms with van der Waals surface area (Å²) < 4.78 is 28.7. The molecule has 7 nitrogen and oxygen atoms in total. The highest BCUT2D eigenvalue weighted by atomic mass is 16.7. The van der Waals surface area contributed by atoms with E-state index in [2.05, 4.69) is 40.5 Å². The summed E-state index contributed by atoms with van der Waals surface area (Å²) in [5.41, 5.74) is 2.73. The van der Waals surface area contributed by atoms with Crippen LogP contribution in [0, 0.1) is 11.3 Å². The molecule has 2 saturated carbocycles. The fourth-order valence-corrected chi connectivity index (χ4v) is 6.18. The summed E-state index contributed by atoms with van der Waals surface area (Å²) in [6.07, 6.45) is 17.6. The minimum atomic E-state index is -0.467. The van der Waals surface area contributed by atoms with Gasteiger partial charge in [0.15, 0.2) is 6.29 Å². The number of phenolic OH excluding ortho intramolecular Hbond substituents is 1. The SMILES string of the molecule is C=C(C)C(=O)Oc1ccc(O)cc1.C=Cc1ccc(OC(C)OCCC2CCCCC2)cc1.C=Cc1ccc(OC(CC(C)(C)C)OC2CCCC2)cc1. The molecule has 0 saturated heterocycles. The topological polar surface area (TPSA) is 83.5 Å². The van der Waals surface area contributed by atoms with Crippen LogP contribution in [-0.4, -0.2) is 36.4 Å². The molecule has 0 amide bonds. The minimum Gasteiger partial charge on any atom is -0.508 e. The summed E-state index contributed by atoms with van der Waals surface area (Å²) in [7, 11) is 0. The lowest BCUT2D eigenvalue weighted by Gasteiger charge is -2.29. The van der Waals surface area contributed by atoms with Gasteiger partial charge in [-0.05, 0) is 104 Å². The molecule has 54 heavy (non-hydrogen) atoms. The van der Waals surface area contributed by atoms with E-state index >= 15 is 0 Å². The molecule has 7 heteroatoms. The molecule has 1 N–H and O–H groups in total. The molecule has 0 bridgehead atoms. The molecule has 0 aromatic heterocycles. The zero-order chi connectivity index (χ0) is 39.3. The minimum absolute atomic E-state index is 0.134. The van der Waals surface area contributed by atoms with Crippen molar-refractivity contribution >= 4 is 18.1 Å². The van der Waals surface area contributed by atoms with Crippen molar-refractivity contribution in [3.8, 4) is 23.0 Å². The second kappa shape index (κ2) is 23.5. The smallest absolute Gasteiger partial charge is 0.338 e. The van der Waals surface area contributed by atoms with Crippen molar-refractivity contribution in [2.45, 2.75) is 124 Å². The van der Waals surface area contributed by atoms with Gasteiger partial charge in [-0.3, -0.25) is 0 Å². The Morgan fingerprint density at radius 3 is 1.78 bits per heavy atom. The van der Waals surface area contributed by atoms with E-state index in [1.165, 1.54) is 88.5 Å². The van der Waals surface area contributed by atoms with Crippen LogP contribution < -0.4 is 14.2 Å². The molecular formula is C47H64O7. The summed E-state index contributed by atoms with van der Waals surface area (Å²) in [6.45, 7) is 22.0. The third kappa shape index (κ3) is 18.1. The van der Waals surface area contributed by atoms with E-state index in [0.29, 0.717) is 17.4 Å². The summed E-state index contributed by atoms with van der Waals surface area (Å²) in [4.78, 5) is 11.0. The van der Waals surface area contributed by atoms with E-state index in [0.717, 1.165) is 41.6 Å². The van der Waals surface area contributed by atoms with Crippen LogP contribution in [0.3, 0.4) is 0 Å². The van der Waals surface area contributed by atoms with Crippen LogP contribution in [0.25, 0.3) is 12.2 Å². The van der Waals surface area contributed by atoms with Crippen LogP contribution in [0.5, 0.6) is 23.0 Å². The average molecular weight is 741 g/mol. The molecule has 2 aliphatic carbocycles. The van der Waals surface area contributed by atoms with Crippen LogP contribution in [0.4, 0.5) is 0 Å². The van der Waals surface area contributed by atoms with E-state index in [-0.39, 0.29) is 23.7 Å². The number of ether oxygens (including phenoxy) is 5. The van der Waals surface area contributed by atoms with E-state index in [9.17, 15) is 4.79 Å². The Morgan fingerprint density at radius 1 is 0.778 bits per heavy atom. The number of benzene rings is 3. The van der Waals surface area contributed by atoms with Crippen LogP contribution in [0.2, 0.25) is 0 Å². The number of carbonyl (C=O) groups is 1.